The number of nitrogens with one attached hydrogen (secondary N) is 1. The number of benzene rings is 1. The Morgan fingerprint density at radius 1 is 1.23 bits per heavy atom. The van der Waals surface area contributed by atoms with E-state index in [9.17, 15) is 4.79 Å². The number of fused-ring (bicyclic) bond motifs is 1. The van der Waals surface area contributed by atoms with Crippen molar-refractivity contribution in [3.63, 3.8) is 0 Å². The van der Waals surface area contributed by atoms with E-state index in [2.05, 4.69) is 30.4 Å². The molecule has 1 aromatic carbocycles. The number of nitrogens with zero attached hydrogens (tertiary/aromatic N) is 1. The molecule has 1 N–H and O–H groups in total. The van der Waals surface area contributed by atoms with Crippen molar-refractivity contribution in [3.8, 4) is 0 Å². The molecule has 3 aliphatic rings. The van der Waals surface area contributed by atoms with Crippen LogP contribution < -0.4 is 5.32 Å². The monoisotopic (exact) mass is 360 g/mol. The lowest BCUT2D eigenvalue weighted by Crippen LogP contribution is -2.57. The van der Waals surface area contributed by atoms with Gasteiger partial charge in [0.1, 0.15) is 11.2 Å². The Morgan fingerprint density at radius 3 is 2.92 bits per heavy atom. The SMILES string of the molecule is CCC1(CNC(=O)N2CCOC3(CCOC3)C2)OCCc2ccccc21. The van der Waals surface area contributed by atoms with Gasteiger partial charge in [-0.2, -0.15) is 0 Å². The molecule has 2 fully saturated rings. The maximum absolute atomic E-state index is 12.8. The van der Waals surface area contributed by atoms with Crippen molar-refractivity contribution in [2.24, 2.45) is 0 Å². The fourth-order valence-electron chi connectivity index (χ4n) is 4.36. The minimum Gasteiger partial charge on any atom is -0.378 e. The molecule has 0 aromatic heterocycles. The summed E-state index contributed by atoms with van der Waals surface area (Å²) in [5.74, 6) is 0. The minimum atomic E-state index is -0.440. The molecule has 2 atom stereocenters. The highest BCUT2D eigenvalue weighted by Crippen LogP contribution is 2.35. The fraction of sp³-hybridized carbons (Fsp3) is 0.650. The highest BCUT2D eigenvalue weighted by atomic mass is 16.6. The molecule has 142 valence electrons. The van der Waals surface area contributed by atoms with Crippen molar-refractivity contribution in [2.45, 2.75) is 37.4 Å². The lowest BCUT2D eigenvalue weighted by molar-refractivity contribution is -0.0986. The van der Waals surface area contributed by atoms with Gasteiger partial charge in [0.05, 0.1) is 32.9 Å². The molecule has 4 rings (SSSR count). The average Bonchev–Trinajstić information content (AvgIpc) is 3.13. The summed E-state index contributed by atoms with van der Waals surface area (Å²) < 4.78 is 17.6. The van der Waals surface area contributed by atoms with Crippen molar-refractivity contribution in [1.82, 2.24) is 10.2 Å². The van der Waals surface area contributed by atoms with Gasteiger partial charge >= 0.3 is 6.03 Å². The lowest BCUT2D eigenvalue weighted by Gasteiger charge is -2.41. The van der Waals surface area contributed by atoms with E-state index in [1.165, 1.54) is 11.1 Å². The first kappa shape index (κ1) is 17.8. The Balaban J connectivity index is 1.44. The van der Waals surface area contributed by atoms with Crippen LogP contribution in [0.1, 0.15) is 30.9 Å². The standard InChI is InChI=1S/C20H28N2O4/c1-2-20(17-6-4-3-5-16(17)7-10-26-20)13-21-18(23)22-9-12-25-19(14-22)8-11-24-15-19/h3-6H,2,7-15H2,1H3,(H,21,23). The summed E-state index contributed by atoms with van der Waals surface area (Å²) in [6, 6.07) is 8.37. The van der Waals surface area contributed by atoms with Crippen LogP contribution in [0.4, 0.5) is 4.79 Å². The van der Waals surface area contributed by atoms with Crippen LogP contribution in [0.15, 0.2) is 24.3 Å². The van der Waals surface area contributed by atoms with Crippen molar-refractivity contribution in [2.75, 3.05) is 46.1 Å². The number of amides is 2. The van der Waals surface area contributed by atoms with Crippen molar-refractivity contribution in [3.05, 3.63) is 35.4 Å². The zero-order valence-electron chi connectivity index (χ0n) is 15.5. The number of urea groups is 1. The zero-order chi connectivity index (χ0) is 18.0. The number of rotatable bonds is 3. The van der Waals surface area contributed by atoms with Crippen LogP contribution in [0.5, 0.6) is 0 Å². The molecule has 26 heavy (non-hydrogen) atoms. The van der Waals surface area contributed by atoms with E-state index >= 15 is 0 Å². The smallest absolute Gasteiger partial charge is 0.317 e. The number of hydrogen-bond acceptors (Lipinski definition) is 4. The minimum absolute atomic E-state index is 0.0425. The third kappa shape index (κ3) is 3.21. The number of hydrogen-bond donors (Lipinski definition) is 1. The van der Waals surface area contributed by atoms with E-state index in [4.69, 9.17) is 14.2 Å². The van der Waals surface area contributed by atoms with Gasteiger partial charge in [0, 0.05) is 19.6 Å². The first-order valence-corrected chi connectivity index (χ1v) is 9.63. The Labute approximate surface area is 154 Å². The fourth-order valence-corrected chi connectivity index (χ4v) is 4.36. The van der Waals surface area contributed by atoms with E-state index < -0.39 is 5.60 Å². The number of carbonyl (C=O) groups is 1. The summed E-state index contributed by atoms with van der Waals surface area (Å²) in [5, 5.41) is 3.13. The Kier molecular flexibility index (Phi) is 4.90. The molecular formula is C20H28N2O4. The van der Waals surface area contributed by atoms with Crippen LogP contribution in [-0.4, -0.2) is 62.6 Å². The average molecular weight is 360 g/mol. The molecule has 1 aromatic rings. The quantitative estimate of drug-likeness (QED) is 0.896. The zero-order valence-corrected chi connectivity index (χ0v) is 15.5. The summed E-state index contributed by atoms with van der Waals surface area (Å²) in [5.41, 5.74) is 1.77. The van der Waals surface area contributed by atoms with Crippen LogP contribution in [0.25, 0.3) is 0 Å². The lowest BCUT2D eigenvalue weighted by atomic mass is 9.84. The van der Waals surface area contributed by atoms with Gasteiger partial charge in [0.2, 0.25) is 0 Å². The maximum Gasteiger partial charge on any atom is 0.317 e. The van der Waals surface area contributed by atoms with Gasteiger partial charge in [-0.25, -0.2) is 4.79 Å². The Hall–Kier alpha value is -1.63. The molecule has 0 radical (unpaired) electrons. The normalized spacial score (nSPS) is 31.0. The molecule has 3 aliphatic heterocycles. The Morgan fingerprint density at radius 2 is 2.12 bits per heavy atom. The summed E-state index contributed by atoms with van der Waals surface area (Å²) in [4.78, 5) is 14.7. The van der Waals surface area contributed by atoms with Crippen LogP contribution in [-0.2, 0) is 26.2 Å². The Bertz CT molecular complexity index is 659. The van der Waals surface area contributed by atoms with Gasteiger partial charge < -0.3 is 24.4 Å². The van der Waals surface area contributed by atoms with Crippen molar-refractivity contribution < 1.29 is 19.0 Å². The first-order chi connectivity index (χ1) is 12.7. The molecular weight excluding hydrogens is 332 g/mol. The van der Waals surface area contributed by atoms with E-state index in [0.29, 0.717) is 46.1 Å². The molecule has 6 nitrogen and oxygen atoms in total. The predicted octanol–water partition coefficient (Wildman–Crippen LogP) is 2.07. The summed E-state index contributed by atoms with van der Waals surface area (Å²) in [6.07, 6.45) is 2.61. The van der Waals surface area contributed by atoms with E-state index in [-0.39, 0.29) is 11.6 Å². The number of carbonyl (C=O) groups excluding carboxylic acids is 1. The molecule has 1 spiro atoms. The second-order valence-electron chi connectivity index (χ2n) is 7.52. The third-order valence-corrected chi connectivity index (χ3v) is 5.96. The number of ether oxygens (including phenoxy) is 3. The van der Waals surface area contributed by atoms with Crippen molar-refractivity contribution in [1.29, 1.82) is 0 Å². The molecule has 2 unspecified atom stereocenters. The van der Waals surface area contributed by atoms with Crippen molar-refractivity contribution >= 4 is 6.03 Å². The van der Waals surface area contributed by atoms with Gasteiger partial charge in [-0.15, -0.1) is 0 Å². The van der Waals surface area contributed by atoms with Gasteiger partial charge in [-0.1, -0.05) is 31.2 Å². The molecule has 2 saturated heterocycles. The summed E-state index contributed by atoms with van der Waals surface area (Å²) in [6.45, 7) is 6.35. The number of morpholine rings is 1. The molecule has 0 bridgehead atoms. The predicted molar refractivity (Wildman–Crippen MR) is 97.2 cm³/mol. The van der Waals surface area contributed by atoms with Crippen LogP contribution in [0.2, 0.25) is 0 Å². The highest BCUT2D eigenvalue weighted by molar-refractivity contribution is 5.74. The third-order valence-electron chi connectivity index (χ3n) is 5.96. The summed E-state index contributed by atoms with van der Waals surface area (Å²) in [7, 11) is 0. The van der Waals surface area contributed by atoms with Crippen LogP contribution >= 0.6 is 0 Å². The van der Waals surface area contributed by atoms with Crippen LogP contribution in [0.3, 0.4) is 0 Å². The molecule has 0 saturated carbocycles. The molecule has 6 heteroatoms. The first-order valence-electron chi connectivity index (χ1n) is 9.63. The maximum atomic E-state index is 12.8. The highest BCUT2D eigenvalue weighted by Gasteiger charge is 2.42. The molecule has 0 aliphatic carbocycles. The van der Waals surface area contributed by atoms with Gasteiger partial charge in [-0.3, -0.25) is 0 Å². The van der Waals surface area contributed by atoms with Gasteiger partial charge in [-0.05, 0) is 24.0 Å². The summed E-state index contributed by atoms with van der Waals surface area (Å²) >= 11 is 0. The topological polar surface area (TPSA) is 60.0 Å². The van der Waals surface area contributed by atoms with Crippen LogP contribution in [0, 0.1) is 0 Å². The largest absolute Gasteiger partial charge is 0.378 e. The molecule has 2 amide bonds. The van der Waals surface area contributed by atoms with E-state index in [1.54, 1.807) is 0 Å². The van der Waals surface area contributed by atoms with Gasteiger partial charge in [0.15, 0.2) is 0 Å². The molecule has 3 heterocycles. The second kappa shape index (κ2) is 7.18. The van der Waals surface area contributed by atoms with E-state index in [0.717, 1.165) is 19.3 Å². The van der Waals surface area contributed by atoms with E-state index in [1.807, 2.05) is 11.0 Å². The van der Waals surface area contributed by atoms with Gasteiger partial charge in [0.25, 0.3) is 0 Å². The second-order valence-corrected chi connectivity index (χ2v) is 7.52.